The quantitative estimate of drug-likeness (QED) is 0.648. The number of aromatic amines is 1. The summed E-state index contributed by atoms with van der Waals surface area (Å²) in [6.07, 6.45) is 4.67. The van der Waals surface area contributed by atoms with E-state index < -0.39 is 0 Å². The third-order valence-corrected chi connectivity index (χ3v) is 4.81. The molecule has 3 N–H and O–H groups in total. The molecule has 1 aliphatic carbocycles. The van der Waals surface area contributed by atoms with Gasteiger partial charge in [0.15, 0.2) is 11.5 Å². The normalized spacial score (nSPS) is 20.6. The van der Waals surface area contributed by atoms with E-state index in [0.717, 1.165) is 11.3 Å². The average molecular weight is 355 g/mol. The fourth-order valence-corrected chi connectivity index (χ4v) is 3.33. The maximum Gasteiger partial charge on any atom is 0.272 e. The van der Waals surface area contributed by atoms with Crippen LogP contribution in [0.15, 0.2) is 35.0 Å². The predicted octanol–water partition coefficient (Wildman–Crippen LogP) is 1.95. The second-order valence-corrected chi connectivity index (χ2v) is 6.86. The Balaban J connectivity index is 1.52. The van der Waals surface area contributed by atoms with Crippen molar-refractivity contribution in [3.63, 3.8) is 0 Å². The monoisotopic (exact) mass is 355 g/mol. The van der Waals surface area contributed by atoms with Crippen LogP contribution in [0, 0.1) is 12.8 Å². The summed E-state index contributed by atoms with van der Waals surface area (Å²) < 4.78 is 7.25. The van der Waals surface area contributed by atoms with Crippen LogP contribution in [0.4, 0.5) is 0 Å². The molecule has 0 aliphatic heterocycles. The first-order valence-corrected chi connectivity index (χ1v) is 8.59. The van der Waals surface area contributed by atoms with Gasteiger partial charge in [0.2, 0.25) is 0 Å². The van der Waals surface area contributed by atoms with Crippen molar-refractivity contribution in [1.29, 1.82) is 0 Å². The largest absolute Gasteiger partial charge is 0.460 e. The molecule has 3 aromatic rings. The Morgan fingerprint density at radius 3 is 2.88 bits per heavy atom. The van der Waals surface area contributed by atoms with Crippen LogP contribution in [0.25, 0.3) is 11.5 Å². The highest BCUT2D eigenvalue weighted by Crippen LogP contribution is 2.38. The molecule has 0 radical (unpaired) electrons. The van der Waals surface area contributed by atoms with Crippen LogP contribution in [0.1, 0.15) is 40.7 Å². The topological polar surface area (TPSA) is 109 Å². The standard InChI is InChI=1S/C18H21N5O3/c1-10-3-4-16(26-10)14-7-15(22-21-14)18(25)20-17(11-5-13(24)6-11)12-8-19-23(2)9-12/h3-4,7-9,11,13,17,24H,5-6H2,1-2H3,(H,20,25)(H,21,22)/t11?,13?,17-/m0/s1. The summed E-state index contributed by atoms with van der Waals surface area (Å²) in [6.45, 7) is 1.86. The Hall–Kier alpha value is -2.87. The number of H-pyrrole nitrogens is 1. The number of nitrogens with zero attached hydrogens (tertiary/aromatic N) is 3. The van der Waals surface area contributed by atoms with E-state index in [0.29, 0.717) is 30.0 Å². The van der Waals surface area contributed by atoms with Crippen LogP contribution < -0.4 is 5.32 Å². The SMILES string of the molecule is Cc1ccc(-c2cc(C(=O)N[C@H](c3cnn(C)c3)C3CC(O)C3)n[nH]2)o1. The van der Waals surface area contributed by atoms with Crippen LogP contribution >= 0.6 is 0 Å². The van der Waals surface area contributed by atoms with E-state index in [9.17, 15) is 9.90 Å². The first-order valence-electron chi connectivity index (χ1n) is 8.59. The molecular formula is C18H21N5O3. The molecule has 8 heteroatoms. The third kappa shape index (κ3) is 3.15. The maximum atomic E-state index is 12.7. The smallest absolute Gasteiger partial charge is 0.272 e. The van der Waals surface area contributed by atoms with Crippen molar-refractivity contribution in [3.8, 4) is 11.5 Å². The van der Waals surface area contributed by atoms with Gasteiger partial charge in [-0.1, -0.05) is 0 Å². The Bertz CT molecular complexity index is 919. The summed E-state index contributed by atoms with van der Waals surface area (Å²) in [6, 6.07) is 5.16. The number of carbonyl (C=O) groups is 1. The number of furan rings is 1. The van der Waals surface area contributed by atoms with Crippen molar-refractivity contribution in [2.45, 2.75) is 31.9 Å². The second-order valence-electron chi connectivity index (χ2n) is 6.86. The van der Waals surface area contributed by atoms with Gasteiger partial charge >= 0.3 is 0 Å². The summed E-state index contributed by atoms with van der Waals surface area (Å²) in [5.74, 6) is 1.34. The summed E-state index contributed by atoms with van der Waals surface area (Å²) in [7, 11) is 1.84. The molecule has 1 fully saturated rings. The van der Waals surface area contributed by atoms with E-state index in [1.54, 1.807) is 16.9 Å². The van der Waals surface area contributed by atoms with E-state index in [-0.39, 0.29) is 24.0 Å². The molecule has 136 valence electrons. The van der Waals surface area contributed by atoms with Crippen molar-refractivity contribution in [2.24, 2.45) is 13.0 Å². The van der Waals surface area contributed by atoms with E-state index >= 15 is 0 Å². The van der Waals surface area contributed by atoms with Gasteiger partial charge in [-0.25, -0.2) is 0 Å². The number of nitrogens with one attached hydrogen (secondary N) is 2. The average Bonchev–Trinajstić information content (AvgIpc) is 3.30. The highest BCUT2D eigenvalue weighted by Gasteiger charge is 2.36. The van der Waals surface area contributed by atoms with Gasteiger partial charge in [0.1, 0.15) is 11.5 Å². The minimum absolute atomic E-state index is 0.185. The van der Waals surface area contributed by atoms with Crippen molar-refractivity contribution in [3.05, 3.63) is 47.6 Å². The van der Waals surface area contributed by atoms with Crippen molar-refractivity contribution < 1.29 is 14.3 Å². The van der Waals surface area contributed by atoms with Crippen LogP contribution in [0.2, 0.25) is 0 Å². The lowest BCUT2D eigenvalue weighted by atomic mass is 9.75. The summed E-state index contributed by atoms with van der Waals surface area (Å²) in [5, 5.41) is 23.8. The first-order chi connectivity index (χ1) is 12.5. The number of hydrogen-bond acceptors (Lipinski definition) is 5. The second kappa shape index (κ2) is 6.45. The van der Waals surface area contributed by atoms with Crippen LogP contribution in [-0.4, -0.2) is 37.1 Å². The fraction of sp³-hybridized carbons (Fsp3) is 0.389. The molecule has 0 bridgehead atoms. The van der Waals surface area contributed by atoms with Crippen molar-refractivity contribution in [1.82, 2.24) is 25.3 Å². The number of amides is 1. The Kier molecular flexibility index (Phi) is 4.12. The highest BCUT2D eigenvalue weighted by atomic mass is 16.3. The molecule has 26 heavy (non-hydrogen) atoms. The molecule has 0 unspecified atom stereocenters. The first kappa shape index (κ1) is 16.6. The molecule has 0 aromatic carbocycles. The number of carbonyl (C=O) groups excluding carboxylic acids is 1. The van der Waals surface area contributed by atoms with Crippen molar-refractivity contribution in [2.75, 3.05) is 0 Å². The predicted molar refractivity (Wildman–Crippen MR) is 93.2 cm³/mol. The Morgan fingerprint density at radius 2 is 2.27 bits per heavy atom. The molecule has 1 aliphatic rings. The number of aryl methyl sites for hydroxylation is 2. The summed E-state index contributed by atoms with van der Waals surface area (Å²) in [4.78, 5) is 12.7. The molecule has 0 spiro atoms. The van der Waals surface area contributed by atoms with Gasteiger partial charge in [-0.2, -0.15) is 10.2 Å². The minimum atomic E-state index is -0.296. The van der Waals surface area contributed by atoms with Crippen LogP contribution in [0.3, 0.4) is 0 Å². The van der Waals surface area contributed by atoms with Crippen LogP contribution in [-0.2, 0) is 7.05 Å². The third-order valence-electron chi connectivity index (χ3n) is 4.81. The molecule has 1 amide bonds. The summed E-state index contributed by atoms with van der Waals surface area (Å²) >= 11 is 0. The maximum absolute atomic E-state index is 12.7. The minimum Gasteiger partial charge on any atom is -0.460 e. The van der Waals surface area contributed by atoms with Gasteiger partial charge in [-0.15, -0.1) is 0 Å². The van der Waals surface area contributed by atoms with Gasteiger partial charge < -0.3 is 14.8 Å². The zero-order valence-electron chi connectivity index (χ0n) is 14.6. The molecular weight excluding hydrogens is 334 g/mol. The van der Waals surface area contributed by atoms with E-state index in [4.69, 9.17) is 4.42 Å². The molecule has 4 rings (SSSR count). The van der Waals surface area contributed by atoms with Gasteiger partial charge in [0, 0.05) is 24.9 Å². The van der Waals surface area contributed by atoms with E-state index in [2.05, 4.69) is 20.6 Å². The number of aliphatic hydroxyl groups excluding tert-OH is 1. The number of hydrogen-bond donors (Lipinski definition) is 3. The zero-order chi connectivity index (χ0) is 18.3. The van der Waals surface area contributed by atoms with Gasteiger partial charge in [0.25, 0.3) is 5.91 Å². The number of rotatable bonds is 5. The van der Waals surface area contributed by atoms with Gasteiger partial charge in [-0.3, -0.25) is 14.6 Å². The molecule has 8 nitrogen and oxygen atoms in total. The molecule has 1 atom stereocenters. The zero-order valence-corrected chi connectivity index (χ0v) is 14.6. The fourth-order valence-electron chi connectivity index (χ4n) is 3.33. The Labute approximate surface area is 150 Å². The van der Waals surface area contributed by atoms with E-state index in [1.165, 1.54) is 0 Å². The van der Waals surface area contributed by atoms with Crippen LogP contribution in [0.5, 0.6) is 0 Å². The Morgan fingerprint density at radius 1 is 1.46 bits per heavy atom. The van der Waals surface area contributed by atoms with Gasteiger partial charge in [0.05, 0.1) is 18.3 Å². The molecule has 0 saturated heterocycles. The van der Waals surface area contributed by atoms with Gasteiger partial charge in [-0.05, 0) is 37.8 Å². The van der Waals surface area contributed by atoms with E-state index in [1.807, 2.05) is 32.3 Å². The molecule has 3 aromatic heterocycles. The lowest BCUT2D eigenvalue weighted by molar-refractivity contribution is 0.0234. The lowest BCUT2D eigenvalue weighted by Gasteiger charge is -2.37. The molecule has 1 saturated carbocycles. The molecule has 3 heterocycles. The number of aromatic nitrogens is 4. The van der Waals surface area contributed by atoms with Crippen molar-refractivity contribution >= 4 is 5.91 Å². The summed E-state index contributed by atoms with van der Waals surface area (Å²) in [5.41, 5.74) is 1.87. The number of aliphatic hydroxyl groups is 1. The lowest BCUT2D eigenvalue weighted by Crippen LogP contribution is -2.41. The highest BCUT2D eigenvalue weighted by molar-refractivity contribution is 5.93.